The first-order valence-corrected chi connectivity index (χ1v) is 7.74. The van der Waals surface area contributed by atoms with Crippen LogP contribution < -0.4 is 10.6 Å². The van der Waals surface area contributed by atoms with Crippen molar-refractivity contribution in [1.29, 1.82) is 0 Å². The second kappa shape index (κ2) is 7.58. The van der Waals surface area contributed by atoms with Crippen molar-refractivity contribution in [2.24, 2.45) is 5.92 Å². The van der Waals surface area contributed by atoms with Crippen molar-refractivity contribution in [3.8, 4) is 0 Å². The predicted octanol–water partition coefficient (Wildman–Crippen LogP) is 3.91. The fourth-order valence-corrected chi connectivity index (χ4v) is 2.39. The van der Waals surface area contributed by atoms with Gasteiger partial charge in [-0.2, -0.15) is 0 Å². The van der Waals surface area contributed by atoms with E-state index >= 15 is 0 Å². The van der Waals surface area contributed by atoms with Crippen LogP contribution in [0.2, 0.25) is 0 Å². The molecular weight excluding hydrogens is 288 g/mol. The normalized spacial score (nSPS) is 10.4. The number of amides is 2. The molecule has 4 heteroatoms. The molecule has 0 heterocycles. The first-order chi connectivity index (χ1) is 11.0. The summed E-state index contributed by atoms with van der Waals surface area (Å²) in [5.74, 6) is -1.30. The summed E-state index contributed by atoms with van der Waals surface area (Å²) in [6.07, 6.45) is 0.440. The van der Waals surface area contributed by atoms with Gasteiger partial charge in [-0.1, -0.05) is 31.2 Å². The molecule has 0 radical (unpaired) electrons. The zero-order valence-corrected chi connectivity index (χ0v) is 13.7. The van der Waals surface area contributed by atoms with Crippen molar-refractivity contribution in [2.75, 3.05) is 10.6 Å². The van der Waals surface area contributed by atoms with Crippen LogP contribution in [0.5, 0.6) is 0 Å². The molecule has 0 aromatic heterocycles. The predicted molar refractivity (Wildman–Crippen MR) is 93.4 cm³/mol. The van der Waals surface area contributed by atoms with Crippen molar-refractivity contribution < 1.29 is 9.59 Å². The van der Waals surface area contributed by atoms with E-state index in [0.29, 0.717) is 17.8 Å². The van der Waals surface area contributed by atoms with Crippen molar-refractivity contribution >= 4 is 23.2 Å². The molecule has 2 aromatic carbocycles. The molecule has 2 aromatic rings. The van der Waals surface area contributed by atoms with Gasteiger partial charge in [-0.15, -0.1) is 0 Å². The first kappa shape index (κ1) is 16.7. The van der Waals surface area contributed by atoms with Gasteiger partial charge in [-0.05, 0) is 55.7 Å². The third kappa shape index (κ3) is 4.68. The minimum Gasteiger partial charge on any atom is -0.325 e. The van der Waals surface area contributed by atoms with Crippen LogP contribution in [0.3, 0.4) is 0 Å². The summed E-state index contributed by atoms with van der Waals surface area (Å²) in [5.41, 5.74) is 3.52. The van der Waals surface area contributed by atoms with Crippen LogP contribution in [-0.4, -0.2) is 11.8 Å². The SMILES string of the molecule is CCC(C(=O)Nc1cccc(C)c1)C(=O)Nc1cccc(C)c1. The van der Waals surface area contributed by atoms with Gasteiger partial charge in [0.2, 0.25) is 11.8 Å². The molecule has 2 N–H and O–H groups in total. The molecule has 0 aliphatic heterocycles. The summed E-state index contributed by atoms with van der Waals surface area (Å²) in [4.78, 5) is 24.8. The number of nitrogens with one attached hydrogen (secondary N) is 2. The third-order valence-corrected chi connectivity index (χ3v) is 3.61. The van der Waals surface area contributed by atoms with Crippen LogP contribution in [-0.2, 0) is 9.59 Å². The largest absolute Gasteiger partial charge is 0.325 e. The number of benzene rings is 2. The van der Waals surface area contributed by atoms with E-state index in [1.54, 1.807) is 0 Å². The minimum atomic E-state index is -0.726. The lowest BCUT2D eigenvalue weighted by Crippen LogP contribution is -2.33. The van der Waals surface area contributed by atoms with Crippen LogP contribution >= 0.6 is 0 Å². The van der Waals surface area contributed by atoms with Crippen molar-refractivity contribution in [3.05, 3.63) is 59.7 Å². The lowest BCUT2D eigenvalue weighted by atomic mass is 10.0. The lowest BCUT2D eigenvalue weighted by Gasteiger charge is -2.15. The maximum Gasteiger partial charge on any atom is 0.236 e. The van der Waals surface area contributed by atoms with Crippen molar-refractivity contribution in [3.63, 3.8) is 0 Å². The molecule has 0 aliphatic rings. The summed E-state index contributed by atoms with van der Waals surface area (Å²) < 4.78 is 0. The van der Waals surface area contributed by atoms with Gasteiger partial charge in [-0.3, -0.25) is 9.59 Å². The summed E-state index contributed by atoms with van der Waals surface area (Å²) in [5, 5.41) is 5.62. The van der Waals surface area contributed by atoms with Gasteiger partial charge in [0.25, 0.3) is 0 Å². The van der Waals surface area contributed by atoms with E-state index in [1.165, 1.54) is 0 Å². The number of carbonyl (C=O) groups is 2. The fraction of sp³-hybridized carbons (Fsp3) is 0.263. The number of aryl methyl sites for hydroxylation is 2. The van der Waals surface area contributed by atoms with Crippen LogP contribution in [0, 0.1) is 19.8 Å². The van der Waals surface area contributed by atoms with Gasteiger partial charge < -0.3 is 10.6 Å². The highest BCUT2D eigenvalue weighted by molar-refractivity contribution is 6.10. The van der Waals surface area contributed by atoms with Gasteiger partial charge in [0, 0.05) is 11.4 Å². The number of hydrogen-bond donors (Lipinski definition) is 2. The molecule has 2 amide bonds. The Hall–Kier alpha value is -2.62. The van der Waals surface area contributed by atoms with Crippen LogP contribution in [0.25, 0.3) is 0 Å². The Morgan fingerprint density at radius 3 is 1.65 bits per heavy atom. The molecule has 120 valence electrons. The number of hydrogen-bond acceptors (Lipinski definition) is 2. The summed E-state index contributed by atoms with van der Waals surface area (Å²) in [6.45, 7) is 5.74. The molecule has 0 bridgehead atoms. The van der Waals surface area contributed by atoms with Gasteiger partial charge >= 0.3 is 0 Å². The molecule has 0 saturated heterocycles. The van der Waals surface area contributed by atoms with E-state index in [2.05, 4.69) is 10.6 Å². The number of anilines is 2. The molecular formula is C19H22N2O2. The highest BCUT2D eigenvalue weighted by Gasteiger charge is 2.25. The minimum absolute atomic E-state index is 0.289. The van der Waals surface area contributed by atoms with Gasteiger partial charge in [0.1, 0.15) is 5.92 Å². The zero-order chi connectivity index (χ0) is 16.8. The van der Waals surface area contributed by atoms with E-state index < -0.39 is 5.92 Å². The van der Waals surface area contributed by atoms with E-state index in [-0.39, 0.29) is 11.8 Å². The molecule has 0 unspecified atom stereocenters. The van der Waals surface area contributed by atoms with E-state index in [1.807, 2.05) is 69.3 Å². The van der Waals surface area contributed by atoms with E-state index in [4.69, 9.17) is 0 Å². The second-order valence-electron chi connectivity index (χ2n) is 5.68. The van der Waals surface area contributed by atoms with Crippen LogP contribution in [0.1, 0.15) is 24.5 Å². The Labute approximate surface area is 136 Å². The molecule has 4 nitrogen and oxygen atoms in total. The standard InChI is InChI=1S/C19H22N2O2/c1-4-17(18(22)20-15-9-5-7-13(2)11-15)19(23)21-16-10-6-8-14(3)12-16/h5-12,17H,4H2,1-3H3,(H,20,22)(H,21,23). The molecule has 0 spiro atoms. The highest BCUT2D eigenvalue weighted by atomic mass is 16.2. The molecule has 2 rings (SSSR count). The highest BCUT2D eigenvalue weighted by Crippen LogP contribution is 2.16. The first-order valence-electron chi connectivity index (χ1n) is 7.74. The van der Waals surface area contributed by atoms with E-state index in [0.717, 1.165) is 11.1 Å². The van der Waals surface area contributed by atoms with Crippen molar-refractivity contribution in [2.45, 2.75) is 27.2 Å². The molecule has 0 saturated carbocycles. The van der Waals surface area contributed by atoms with E-state index in [9.17, 15) is 9.59 Å². The maximum atomic E-state index is 12.4. The Morgan fingerprint density at radius 1 is 0.870 bits per heavy atom. The Bertz CT molecular complexity index is 651. The quantitative estimate of drug-likeness (QED) is 0.823. The maximum absolute atomic E-state index is 12.4. The van der Waals surface area contributed by atoms with Crippen LogP contribution in [0.15, 0.2) is 48.5 Å². The smallest absolute Gasteiger partial charge is 0.236 e. The van der Waals surface area contributed by atoms with Crippen LogP contribution in [0.4, 0.5) is 11.4 Å². The second-order valence-corrected chi connectivity index (χ2v) is 5.68. The Balaban J connectivity index is 2.05. The summed E-state index contributed by atoms with van der Waals surface area (Å²) >= 11 is 0. The number of carbonyl (C=O) groups excluding carboxylic acids is 2. The van der Waals surface area contributed by atoms with Gasteiger partial charge in [-0.25, -0.2) is 0 Å². The average Bonchev–Trinajstić information content (AvgIpc) is 2.47. The lowest BCUT2D eigenvalue weighted by molar-refractivity contribution is -0.129. The molecule has 23 heavy (non-hydrogen) atoms. The molecule has 0 aliphatic carbocycles. The monoisotopic (exact) mass is 310 g/mol. The fourth-order valence-electron chi connectivity index (χ4n) is 2.39. The molecule has 0 atom stereocenters. The van der Waals surface area contributed by atoms with Gasteiger partial charge in [0.05, 0.1) is 0 Å². The summed E-state index contributed by atoms with van der Waals surface area (Å²) in [6, 6.07) is 15.0. The average molecular weight is 310 g/mol. The molecule has 0 fully saturated rings. The Kier molecular flexibility index (Phi) is 5.52. The topological polar surface area (TPSA) is 58.2 Å². The van der Waals surface area contributed by atoms with Gasteiger partial charge in [0.15, 0.2) is 0 Å². The zero-order valence-electron chi connectivity index (χ0n) is 13.7. The summed E-state index contributed by atoms with van der Waals surface area (Å²) in [7, 11) is 0. The van der Waals surface area contributed by atoms with Crippen molar-refractivity contribution in [1.82, 2.24) is 0 Å². The third-order valence-electron chi connectivity index (χ3n) is 3.61. The Morgan fingerprint density at radius 2 is 1.30 bits per heavy atom. The number of rotatable bonds is 5.